The molecule has 1 rings (SSSR count). The third kappa shape index (κ3) is 4.45. The standard InChI is InChI=1S/C13H16ClFO4S/c1-3-4-5-6-19-13(16)10-7-11(15)9(2)12(8-10)20(14,17)18/h7-8H,3-6H2,1-2H3. The van der Waals surface area contributed by atoms with Gasteiger partial charge >= 0.3 is 5.97 Å². The largest absolute Gasteiger partial charge is 0.462 e. The maximum Gasteiger partial charge on any atom is 0.338 e. The average Bonchev–Trinajstić information content (AvgIpc) is 2.36. The number of rotatable bonds is 6. The molecule has 0 bridgehead atoms. The molecular weight excluding hydrogens is 307 g/mol. The molecule has 0 aliphatic heterocycles. The minimum absolute atomic E-state index is 0.123. The highest BCUT2D eigenvalue weighted by atomic mass is 35.7. The zero-order valence-corrected chi connectivity index (χ0v) is 12.9. The van der Waals surface area contributed by atoms with Gasteiger partial charge in [-0.3, -0.25) is 0 Å². The fourth-order valence-corrected chi connectivity index (χ4v) is 2.84. The van der Waals surface area contributed by atoms with Crippen molar-refractivity contribution in [3.8, 4) is 0 Å². The van der Waals surface area contributed by atoms with Gasteiger partial charge in [0.15, 0.2) is 0 Å². The first-order valence-corrected chi connectivity index (χ1v) is 8.50. The Morgan fingerprint density at radius 3 is 2.55 bits per heavy atom. The van der Waals surface area contributed by atoms with Crippen LogP contribution in [0.4, 0.5) is 4.39 Å². The molecule has 0 unspecified atom stereocenters. The molecule has 0 atom stereocenters. The van der Waals surface area contributed by atoms with Crippen LogP contribution < -0.4 is 0 Å². The Hall–Kier alpha value is -1.14. The number of benzene rings is 1. The van der Waals surface area contributed by atoms with E-state index in [0.717, 1.165) is 25.0 Å². The van der Waals surface area contributed by atoms with E-state index >= 15 is 0 Å². The zero-order valence-electron chi connectivity index (χ0n) is 11.3. The van der Waals surface area contributed by atoms with Gasteiger partial charge in [-0.1, -0.05) is 19.8 Å². The maximum atomic E-state index is 13.6. The van der Waals surface area contributed by atoms with Crippen LogP contribution in [-0.2, 0) is 13.8 Å². The molecule has 0 amide bonds. The molecular formula is C13H16ClFO4S. The Kier molecular flexibility index (Phi) is 5.95. The first kappa shape index (κ1) is 16.9. The monoisotopic (exact) mass is 322 g/mol. The Labute approximate surface area is 122 Å². The molecule has 0 saturated heterocycles. The van der Waals surface area contributed by atoms with Gasteiger partial charge in [0.1, 0.15) is 5.82 Å². The van der Waals surface area contributed by atoms with E-state index in [0.29, 0.717) is 6.42 Å². The van der Waals surface area contributed by atoms with Crippen molar-refractivity contribution in [2.24, 2.45) is 0 Å². The summed E-state index contributed by atoms with van der Waals surface area (Å²) in [7, 11) is 1.09. The van der Waals surface area contributed by atoms with E-state index in [2.05, 4.69) is 0 Å². The SMILES string of the molecule is CCCCCOC(=O)c1cc(F)c(C)c(S(=O)(=O)Cl)c1. The lowest BCUT2D eigenvalue weighted by Crippen LogP contribution is -2.09. The summed E-state index contributed by atoms with van der Waals surface area (Å²) in [4.78, 5) is 11.3. The van der Waals surface area contributed by atoms with Crippen molar-refractivity contribution in [2.75, 3.05) is 6.61 Å². The molecule has 1 aromatic rings. The third-order valence-corrected chi connectivity index (χ3v) is 4.22. The third-order valence-electron chi connectivity index (χ3n) is 2.78. The molecule has 1 aromatic carbocycles. The van der Waals surface area contributed by atoms with Crippen LogP contribution in [-0.4, -0.2) is 21.0 Å². The van der Waals surface area contributed by atoms with Gasteiger partial charge in [0, 0.05) is 16.2 Å². The van der Waals surface area contributed by atoms with Gasteiger partial charge in [-0.25, -0.2) is 17.6 Å². The molecule has 0 radical (unpaired) electrons. The Morgan fingerprint density at radius 2 is 2.00 bits per heavy atom. The van der Waals surface area contributed by atoms with E-state index in [1.165, 1.54) is 6.92 Å². The minimum atomic E-state index is -4.12. The summed E-state index contributed by atoms with van der Waals surface area (Å²) >= 11 is 0. The Bertz CT molecular complexity index is 599. The zero-order chi connectivity index (χ0) is 15.3. The molecule has 0 aromatic heterocycles. The molecule has 0 N–H and O–H groups in total. The van der Waals surface area contributed by atoms with Gasteiger partial charge in [-0.2, -0.15) is 0 Å². The van der Waals surface area contributed by atoms with E-state index in [4.69, 9.17) is 15.4 Å². The summed E-state index contributed by atoms with van der Waals surface area (Å²) in [6.07, 6.45) is 2.60. The van der Waals surface area contributed by atoms with E-state index in [9.17, 15) is 17.6 Å². The molecule has 20 heavy (non-hydrogen) atoms. The number of hydrogen-bond acceptors (Lipinski definition) is 4. The Morgan fingerprint density at radius 1 is 1.35 bits per heavy atom. The first-order valence-electron chi connectivity index (χ1n) is 6.19. The second kappa shape index (κ2) is 7.04. The van der Waals surface area contributed by atoms with Crippen LogP contribution in [0.3, 0.4) is 0 Å². The van der Waals surface area contributed by atoms with Gasteiger partial charge < -0.3 is 4.74 Å². The fraction of sp³-hybridized carbons (Fsp3) is 0.462. The number of esters is 1. The summed E-state index contributed by atoms with van der Waals surface area (Å²) in [5.41, 5.74) is -0.286. The van der Waals surface area contributed by atoms with E-state index in [-0.39, 0.29) is 17.7 Å². The summed E-state index contributed by atoms with van der Waals surface area (Å²) in [5.74, 6) is -1.58. The topological polar surface area (TPSA) is 60.4 Å². The molecule has 0 saturated carbocycles. The van der Waals surface area contributed by atoms with Crippen LogP contribution in [0.25, 0.3) is 0 Å². The number of ether oxygens (including phenoxy) is 1. The minimum Gasteiger partial charge on any atom is -0.462 e. The van der Waals surface area contributed by atoms with Gasteiger partial charge in [0.25, 0.3) is 9.05 Å². The number of carbonyl (C=O) groups excluding carboxylic acids is 1. The molecule has 0 aliphatic carbocycles. The highest BCUT2D eigenvalue weighted by Crippen LogP contribution is 2.24. The van der Waals surface area contributed by atoms with E-state index in [1.54, 1.807) is 0 Å². The number of unbranched alkanes of at least 4 members (excludes halogenated alkanes) is 2. The average molecular weight is 323 g/mol. The smallest absolute Gasteiger partial charge is 0.338 e. The summed E-state index contributed by atoms with van der Waals surface area (Å²) in [6.45, 7) is 3.50. The van der Waals surface area contributed by atoms with Crippen molar-refractivity contribution in [2.45, 2.75) is 38.0 Å². The van der Waals surface area contributed by atoms with Crippen molar-refractivity contribution >= 4 is 25.7 Å². The van der Waals surface area contributed by atoms with Crippen LogP contribution in [0.1, 0.15) is 42.1 Å². The molecule has 4 nitrogen and oxygen atoms in total. The molecule has 0 aliphatic rings. The number of carbonyl (C=O) groups is 1. The normalized spacial score (nSPS) is 11.4. The van der Waals surface area contributed by atoms with Crippen molar-refractivity contribution in [1.82, 2.24) is 0 Å². The lowest BCUT2D eigenvalue weighted by Gasteiger charge is -2.08. The van der Waals surface area contributed by atoms with Crippen molar-refractivity contribution < 1.29 is 22.3 Å². The van der Waals surface area contributed by atoms with Gasteiger partial charge in [-0.05, 0) is 25.5 Å². The maximum absolute atomic E-state index is 13.6. The van der Waals surface area contributed by atoms with Crippen LogP contribution in [0.5, 0.6) is 0 Å². The summed E-state index contributed by atoms with van der Waals surface area (Å²) in [6, 6.07) is 1.98. The highest BCUT2D eigenvalue weighted by Gasteiger charge is 2.20. The Balaban J connectivity index is 2.97. The van der Waals surface area contributed by atoms with Crippen LogP contribution >= 0.6 is 10.7 Å². The predicted molar refractivity (Wildman–Crippen MR) is 74.0 cm³/mol. The molecule has 0 heterocycles. The van der Waals surface area contributed by atoms with Gasteiger partial charge in [0.05, 0.1) is 17.1 Å². The van der Waals surface area contributed by atoms with Crippen LogP contribution in [0.15, 0.2) is 17.0 Å². The van der Waals surface area contributed by atoms with Crippen LogP contribution in [0.2, 0.25) is 0 Å². The van der Waals surface area contributed by atoms with E-state index < -0.39 is 25.7 Å². The van der Waals surface area contributed by atoms with Gasteiger partial charge in [-0.15, -0.1) is 0 Å². The van der Waals surface area contributed by atoms with Gasteiger partial charge in [0.2, 0.25) is 0 Å². The molecule has 7 heteroatoms. The lowest BCUT2D eigenvalue weighted by molar-refractivity contribution is 0.0497. The fourth-order valence-electron chi connectivity index (χ4n) is 1.62. The van der Waals surface area contributed by atoms with Crippen molar-refractivity contribution in [3.05, 3.63) is 29.1 Å². The molecule has 0 fully saturated rings. The van der Waals surface area contributed by atoms with Crippen LogP contribution in [0, 0.1) is 12.7 Å². The van der Waals surface area contributed by atoms with Crippen molar-refractivity contribution in [1.29, 1.82) is 0 Å². The lowest BCUT2D eigenvalue weighted by atomic mass is 10.1. The van der Waals surface area contributed by atoms with E-state index in [1.807, 2.05) is 6.92 Å². The predicted octanol–water partition coefficient (Wildman–Crippen LogP) is 3.41. The first-order chi connectivity index (χ1) is 9.27. The molecule has 112 valence electrons. The number of hydrogen-bond donors (Lipinski definition) is 0. The quantitative estimate of drug-likeness (QED) is 0.457. The summed E-state index contributed by atoms with van der Waals surface area (Å²) < 4.78 is 41.2. The van der Waals surface area contributed by atoms with Crippen molar-refractivity contribution in [3.63, 3.8) is 0 Å². The second-order valence-electron chi connectivity index (χ2n) is 4.36. The second-order valence-corrected chi connectivity index (χ2v) is 6.90. The highest BCUT2D eigenvalue weighted by molar-refractivity contribution is 8.13. The number of halogens is 2. The molecule has 0 spiro atoms. The summed E-state index contributed by atoms with van der Waals surface area (Å²) in [5, 5.41) is 0.